The number of rotatable bonds is 5. The first-order valence-corrected chi connectivity index (χ1v) is 9.39. The van der Waals surface area contributed by atoms with E-state index in [1.807, 2.05) is 30.3 Å². The fourth-order valence-corrected chi connectivity index (χ4v) is 3.59. The van der Waals surface area contributed by atoms with Crippen molar-refractivity contribution in [3.8, 4) is 11.1 Å². The maximum atomic E-state index is 13.9. The van der Waals surface area contributed by atoms with Crippen molar-refractivity contribution >= 4 is 28.2 Å². The number of esters is 1. The number of amides is 1. The summed E-state index contributed by atoms with van der Waals surface area (Å²) in [4.78, 5) is 25.1. The molecule has 3 aromatic rings. The quantitative estimate of drug-likeness (QED) is 0.574. The second kappa shape index (κ2) is 8.31. The van der Waals surface area contributed by atoms with Crippen LogP contribution in [0, 0.1) is 11.6 Å². The lowest BCUT2D eigenvalue weighted by Crippen LogP contribution is -2.18. The van der Waals surface area contributed by atoms with Crippen LogP contribution in [0.2, 0.25) is 0 Å². The summed E-state index contributed by atoms with van der Waals surface area (Å²) in [6, 6.07) is 12.3. The van der Waals surface area contributed by atoms with Gasteiger partial charge in [-0.3, -0.25) is 4.79 Å². The lowest BCUT2D eigenvalue weighted by atomic mass is 10.0. The molecule has 0 aliphatic carbocycles. The third-order valence-electron chi connectivity index (χ3n) is 3.84. The number of anilines is 1. The zero-order chi connectivity index (χ0) is 20.3. The molecule has 28 heavy (non-hydrogen) atoms. The summed E-state index contributed by atoms with van der Waals surface area (Å²) in [6.45, 7) is 3.42. The van der Waals surface area contributed by atoms with Gasteiger partial charge in [-0.15, -0.1) is 11.3 Å². The van der Waals surface area contributed by atoms with Crippen molar-refractivity contribution in [2.45, 2.75) is 20.0 Å². The van der Waals surface area contributed by atoms with E-state index >= 15 is 0 Å². The number of carbonyl (C=O) groups excluding carboxylic acids is 2. The van der Waals surface area contributed by atoms with E-state index in [2.05, 4.69) is 5.32 Å². The van der Waals surface area contributed by atoms with Crippen LogP contribution in [0.25, 0.3) is 11.1 Å². The molecule has 1 amide bonds. The molecule has 0 spiro atoms. The Labute approximate surface area is 164 Å². The first kappa shape index (κ1) is 19.7. The number of halogens is 2. The molecule has 0 bridgehead atoms. The molecule has 1 N–H and O–H groups in total. The topological polar surface area (TPSA) is 55.4 Å². The Bertz CT molecular complexity index is 995. The molecular weight excluding hydrogens is 384 g/mol. The highest BCUT2D eigenvalue weighted by molar-refractivity contribution is 7.15. The minimum Gasteiger partial charge on any atom is -0.459 e. The van der Waals surface area contributed by atoms with Gasteiger partial charge in [0, 0.05) is 10.9 Å². The summed E-state index contributed by atoms with van der Waals surface area (Å²) in [7, 11) is 0. The molecule has 4 nitrogen and oxygen atoms in total. The lowest BCUT2D eigenvalue weighted by Gasteiger charge is -2.12. The van der Waals surface area contributed by atoms with E-state index in [4.69, 9.17) is 4.74 Å². The normalized spacial score (nSPS) is 10.8. The summed E-state index contributed by atoms with van der Waals surface area (Å²) in [5.41, 5.74) is 0.767. The highest BCUT2D eigenvalue weighted by Crippen LogP contribution is 2.36. The third-order valence-corrected chi connectivity index (χ3v) is 4.74. The summed E-state index contributed by atoms with van der Waals surface area (Å²) in [6.07, 6.45) is -0.372. The molecule has 0 radical (unpaired) electrons. The Kier molecular flexibility index (Phi) is 5.84. The molecule has 0 aliphatic rings. The predicted molar refractivity (Wildman–Crippen MR) is 105 cm³/mol. The van der Waals surface area contributed by atoms with Crippen LogP contribution in [0.4, 0.5) is 13.8 Å². The summed E-state index contributed by atoms with van der Waals surface area (Å²) >= 11 is 1.08. The van der Waals surface area contributed by atoms with Gasteiger partial charge in [0.15, 0.2) is 0 Å². The van der Waals surface area contributed by atoms with Gasteiger partial charge in [-0.05, 0) is 31.5 Å². The zero-order valence-corrected chi connectivity index (χ0v) is 16.0. The van der Waals surface area contributed by atoms with Gasteiger partial charge in [-0.1, -0.05) is 36.4 Å². The van der Waals surface area contributed by atoms with E-state index in [0.29, 0.717) is 5.56 Å². The molecule has 1 aromatic heterocycles. The van der Waals surface area contributed by atoms with Gasteiger partial charge in [0.1, 0.15) is 27.8 Å². The first-order chi connectivity index (χ1) is 13.4. The second-order valence-electron chi connectivity index (χ2n) is 6.22. The molecule has 144 valence electrons. The summed E-state index contributed by atoms with van der Waals surface area (Å²) < 4.78 is 33.1. The van der Waals surface area contributed by atoms with Crippen LogP contribution in [-0.2, 0) is 4.74 Å². The van der Waals surface area contributed by atoms with Gasteiger partial charge < -0.3 is 10.1 Å². The Morgan fingerprint density at radius 1 is 0.964 bits per heavy atom. The first-order valence-electron chi connectivity index (χ1n) is 8.51. The van der Waals surface area contributed by atoms with Crippen molar-refractivity contribution in [1.82, 2.24) is 0 Å². The lowest BCUT2D eigenvalue weighted by molar-refractivity contribution is 0.0380. The van der Waals surface area contributed by atoms with Gasteiger partial charge in [-0.2, -0.15) is 0 Å². The zero-order valence-electron chi connectivity index (χ0n) is 15.2. The smallest absolute Gasteiger partial charge is 0.342 e. The number of hydrogen-bond acceptors (Lipinski definition) is 4. The molecule has 0 saturated carbocycles. The molecule has 0 unspecified atom stereocenters. The molecule has 0 saturated heterocycles. The number of ether oxygens (including phenoxy) is 1. The molecule has 1 heterocycles. The summed E-state index contributed by atoms with van der Waals surface area (Å²) in [5.74, 6) is -3.57. The Morgan fingerprint density at radius 3 is 2.21 bits per heavy atom. The monoisotopic (exact) mass is 401 g/mol. The van der Waals surface area contributed by atoms with Gasteiger partial charge >= 0.3 is 5.97 Å². The van der Waals surface area contributed by atoms with Gasteiger partial charge in [0.25, 0.3) is 5.91 Å². The molecule has 7 heteroatoms. The molecule has 3 rings (SSSR count). The van der Waals surface area contributed by atoms with Crippen LogP contribution in [0.5, 0.6) is 0 Å². The maximum absolute atomic E-state index is 13.9. The largest absolute Gasteiger partial charge is 0.459 e. The van der Waals surface area contributed by atoms with Crippen molar-refractivity contribution in [3.05, 3.63) is 76.7 Å². The van der Waals surface area contributed by atoms with E-state index in [1.54, 1.807) is 19.2 Å². The molecular formula is C21H17F2NO3S. The molecule has 2 aromatic carbocycles. The summed E-state index contributed by atoms with van der Waals surface area (Å²) in [5, 5.41) is 4.31. The van der Waals surface area contributed by atoms with Crippen molar-refractivity contribution in [3.63, 3.8) is 0 Å². The number of carbonyl (C=O) groups is 2. The molecule has 0 aliphatic heterocycles. The van der Waals surface area contributed by atoms with Crippen LogP contribution in [0.1, 0.15) is 34.6 Å². The highest BCUT2D eigenvalue weighted by atomic mass is 32.1. The fraction of sp³-hybridized carbons (Fsp3) is 0.143. The average molecular weight is 401 g/mol. The minimum atomic E-state index is -0.983. The van der Waals surface area contributed by atoms with Crippen LogP contribution < -0.4 is 5.32 Å². The number of benzene rings is 2. The molecule has 0 atom stereocenters. The maximum Gasteiger partial charge on any atom is 0.342 e. The van der Waals surface area contributed by atoms with Gasteiger partial charge in [0.05, 0.1) is 6.10 Å². The SMILES string of the molecule is CC(C)OC(=O)c1c(-c2ccccc2)csc1NC(=O)c1c(F)cccc1F. The number of hydrogen-bond donors (Lipinski definition) is 1. The minimum absolute atomic E-state index is 0.148. The Morgan fingerprint density at radius 2 is 1.61 bits per heavy atom. The fourth-order valence-electron chi connectivity index (χ4n) is 2.64. The van der Waals surface area contributed by atoms with Crippen LogP contribution in [-0.4, -0.2) is 18.0 Å². The standard InChI is InChI=1S/C21H17F2NO3S/c1-12(2)27-21(26)17-14(13-7-4-3-5-8-13)11-28-20(17)24-19(25)18-15(22)9-6-10-16(18)23/h3-12H,1-2H3,(H,24,25). The van der Waals surface area contributed by atoms with Crippen LogP contribution >= 0.6 is 11.3 Å². The number of nitrogens with one attached hydrogen (secondary N) is 1. The van der Waals surface area contributed by atoms with E-state index in [9.17, 15) is 18.4 Å². The van der Waals surface area contributed by atoms with E-state index in [1.165, 1.54) is 6.07 Å². The van der Waals surface area contributed by atoms with Gasteiger partial charge in [0.2, 0.25) is 0 Å². The second-order valence-corrected chi connectivity index (χ2v) is 7.10. The Balaban J connectivity index is 2.02. The van der Waals surface area contributed by atoms with Gasteiger partial charge in [-0.25, -0.2) is 13.6 Å². The van der Waals surface area contributed by atoms with Crippen LogP contribution in [0.3, 0.4) is 0 Å². The van der Waals surface area contributed by atoms with Crippen molar-refractivity contribution in [2.75, 3.05) is 5.32 Å². The van der Waals surface area contributed by atoms with E-state index < -0.39 is 29.1 Å². The highest BCUT2D eigenvalue weighted by Gasteiger charge is 2.25. The van der Waals surface area contributed by atoms with Crippen molar-refractivity contribution in [2.24, 2.45) is 0 Å². The van der Waals surface area contributed by atoms with E-state index in [0.717, 1.165) is 29.0 Å². The molecule has 0 fully saturated rings. The number of thiophene rings is 1. The van der Waals surface area contributed by atoms with Crippen molar-refractivity contribution in [1.29, 1.82) is 0 Å². The van der Waals surface area contributed by atoms with E-state index in [-0.39, 0.29) is 16.7 Å². The average Bonchev–Trinajstić information content (AvgIpc) is 3.05. The third kappa shape index (κ3) is 4.09. The predicted octanol–water partition coefficient (Wildman–Crippen LogP) is 5.51. The Hall–Kier alpha value is -3.06. The van der Waals surface area contributed by atoms with Crippen LogP contribution in [0.15, 0.2) is 53.9 Å². The van der Waals surface area contributed by atoms with Crippen molar-refractivity contribution < 1.29 is 23.1 Å².